The van der Waals surface area contributed by atoms with Crippen LogP contribution in [0.3, 0.4) is 0 Å². The van der Waals surface area contributed by atoms with E-state index in [1.807, 2.05) is 28.8 Å². The number of imidazole rings is 1. The molecule has 104 valence electrons. The summed E-state index contributed by atoms with van der Waals surface area (Å²) in [5.41, 5.74) is 0.208. The van der Waals surface area contributed by atoms with E-state index in [1.54, 1.807) is 21.9 Å². The van der Waals surface area contributed by atoms with Gasteiger partial charge in [-0.05, 0) is 22.0 Å². The number of carboxylic acid groups (broad SMARTS) is 1. The lowest BCUT2D eigenvalue weighted by Gasteiger charge is -2.16. The Labute approximate surface area is 131 Å². The van der Waals surface area contributed by atoms with Gasteiger partial charge in [0.25, 0.3) is 0 Å². The molecule has 0 fully saturated rings. The Morgan fingerprint density at radius 3 is 3.00 bits per heavy atom. The van der Waals surface area contributed by atoms with Crippen LogP contribution >= 0.6 is 38.6 Å². The molecule has 3 aromatic rings. The second-order valence-electron chi connectivity index (χ2n) is 4.23. The van der Waals surface area contributed by atoms with Gasteiger partial charge in [-0.15, -0.1) is 22.7 Å². The standard InChI is InChI=1S/C12H10BrN3O2S2/c1-15(5-8-4-7(13)6-20-8)10-9(11(17)18)16-2-3-19-12(16)14-10/h2-4,6H,5H2,1H3,(H,17,18). The van der Waals surface area contributed by atoms with E-state index in [9.17, 15) is 9.90 Å². The van der Waals surface area contributed by atoms with E-state index in [4.69, 9.17) is 0 Å². The summed E-state index contributed by atoms with van der Waals surface area (Å²) in [5, 5.41) is 13.2. The summed E-state index contributed by atoms with van der Waals surface area (Å²) in [6.07, 6.45) is 1.73. The fraction of sp³-hybridized carbons (Fsp3) is 0.167. The molecule has 0 radical (unpaired) electrons. The molecule has 0 amide bonds. The van der Waals surface area contributed by atoms with Crippen molar-refractivity contribution in [3.05, 3.63) is 38.1 Å². The van der Waals surface area contributed by atoms with Gasteiger partial charge in [-0.3, -0.25) is 4.40 Å². The molecule has 0 aliphatic rings. The quantitative estimate of drug-likeness (QED) is 0.761. The van der Waals surface area contributed by atoms with Gasteiger partial charge < -0.3 is 10.0 Å². The summed E-state index contributed by atoms with van der Waals surface area (Å²) >= 11 is 6.47. The molecule has 3 heterocycles. The zero-order valence-electron chi connectivity index (χ0n) is 10.4. The van der Waals surface area contributed by atoms with Gasteiger partial charge in [0.1, 0.15) is 0 Å². The molecule has 0 aromatic carbocycles. The van der Waals surface area contributed by atoms with E-state index in [0.29, 0.717) is 17.3 Å². The molecule has 0 saturated carbocycles. The van der Waals surface area contributed by atoms with Crippen LogP contribution in [0.25, 0.3) is 4.96 Å². The molecule has 0 saturated heterocycles. The number of halogens is 1. The molecular weight excluding hydrogens is 362 g/mol. The number of hydrogen-bond acceptors (Lipinski definition) is 5. The maximum Gasteiger partial charge on any atom is 0.356 e. The molecule has 3 rings (SSSR count). The maximum atomic E-state index is 11.5. The Hall–Kier alpha value is -1.38. The van der Waals surface area contributed by atoms with Gasteiger partial charge in [-0.25, -0.2) is 9.78 Å². The van der Waals surface area contributed by atoms with Crippen LogP contribution in [0.5, 0.6) is 0 Å². The minimum atomic E-state index is -0.967. The second-order valence-corrected chi connectivity index (χ2v) is 7.02. The van der Waals surface area contributed by atoms with Crippen molar-refractivity contribution in [3.63, 3.8) is 0 Å². The van der Waals surface area contributed by atoms with Crippen molar-refractivity contribution in [1.29, 1.82) is 0 Å². The highest BCUT2D eigenvalue weighted by Crippen LogP contribution is 2.27. The number of carboxylic acids is 1. The van der Waals surface area contributed by atoms with Crippen LogP contribution in [0, 0.1) is 0 Å². The summed E-state index contributed by atoms with van der Waals surface area (Å²) in [5.74, 6) is -0.473. The molecule has 20 heavy (non-hydrogen) atoms. The number of fused-ring (bicyclic) bond motifs is 1. The summed E-state index contributed by atoms with van der Waals surface area (Å²) in [7, 11) is 1.85. The summed E-state index contributed by atoms with van der Waals surface area (Å²) in [6.45, 7) is 0.626. The summed E-state index contributed by atoms with van der Waals surface area (Å²) in [4.78, 5) is 19.6. The lowest BCUT2D eigenvalue weighted by molar-refractivity contribution is 0.0690. The zero-order chi connectivity index (χ0) is 14.3. The third kappa shape index (κ3) is 2.34. The van der Waals surface area contributed by atoms with Crippen molar-refractivity contribution in [2.45, 2.75) is 6.54 Å². The topological polar surface area (TPSA) is 57.8 Å². The predicted molar refractivity (Wildman–Crippen MR) is 84.2 cm³/mol. The van der Waals surface area contributed by atoms with E-state index in [2.05, 4.69) is 20.9 Å². The minimum absolute atomic E-state index is 0.208. The molecule has 0 spiro atoms. The molecule has 8 heteroatoms. The van der Waals surface area contributed by atoms with Gasteiger partial charge in [0.2, 0.25) is 0 Å². The first-order valence-electron chi connectivity index (χ1n) is 5.69. The first-order valence-corrected chi connectivity index (χ1v) is 8.24. The third-order valence-electron chi connectivity index (χ3n) is 2.82. The van der Waals surface area contributed by atoms with Crippen LogP contribution < -0.4 is 4.90 Å². The molecule has 0 aliphatic heterocycles. The third-order valence-corrected chi connectivity index (χ3v) is 5.26. The van der Waals surface area contributed by atoms with Gasteiger partial charge in [0, 0.05) is 33.4 Å². The molecule has 0 unspecified atom stereocenters. The predicted octanol–water partition coefficient (Wildman–Crippen LogP) is 3.55. The largest absolute Gasteiger partial charge is 0.476 e. The Kier molecular flexibility index (Phi) is 3.53. The van der Waals surface area contributed by atoms with Crippen LogP contribution in [0.15, 0.2) is 27.5 Å². The highest BCUT2D eigenvalue weighted by molar-refractivity contribution is 9.10. The van der Waals surface area contributed by atoms with E-state index < -0.39 is 5.97 Å². The minimum Gasteiger partial charge on any atom is -0.476 e. The first kappa shape index (κ1) is 13.6. The number of hydrogen-bond donors (Lipinski definition) is 1. The van der Waals surface area contributed by atoms with Gasteiger partial charge in [0.15, 0.2) is 16.5 Å². The van der Waals surface area contributed by atoms with E-state index in [0.717, 1.165) is 9.35 Å². The lowest BCUT2D eigenvalue weighted by Crippen LogP contribution is -2.19. The number of carbonyl (C=O) groups is 1. The molecule has 0 bridgehead atoms. The molecule has 0 aliphatic carbocycles. The Morgan fingerprint density at radius 2 is 2.35 bits per heavy atom. The van der Waals surface area contributed by atoms with Crippen LogP contribution in [-0.2, 0) is 6.54 Å². The molecular formula is C12H10BrN3O2S2. The lowest BCUT2D eigenvalue weighted by atomic mass is 10.3. The maximum absolute atomic E-state index is 11.5. The fourth-order valence-electron chi connectivity index (χ4n) is 1.98. The molecule has 3 aromatic heterocycles. The van der Waals surface area contributed by atoms with Crippen LogP contribution in [0.4, 0.5) is 5.82 Å². The van der Waals surface area contributed by atoms with Crippen molar-refractivity contribution in [2.24, 2.45) is 0 Å². The number of aromatic carboxylic acids is 1. The van der Waals surface area contributed by atoms with Gasteiger partial charge in [-0.2, -0.15) is 0 Å². The van der Waals surface area contributed by atoms with E-state index >= 15 is 0 Å². The van der Waals surface area contributed by atoms with Crippen molar-refractivity contribution < 1.29 is 9.90 Å². The van der Waals surface area contributed by atoms with Gasteiger partial charge in [0.05, 0.1) is 6.54 Å². The average molecular weight is 372 g/mol. The number of thiophene rings is 1. The number of thiazole rings is 1. The molecule has 1 N–H and O–H groups in total. The van der Waals surface area contributed by atoms with Crippen molar-refractivity contribution >= 4 is 55.4 Å². The van der Waals surface area contributed by atoms with Crippen LogP contribution in [-0.4, -0.2) is 27.5 Å². The van der Waals surface area contributed by atoms with Crippen molar-refractivity contribution in [1.82, 2.24) is 9.38 Å². The zero-order valence-corrected chi connectivity index (χ0v) is 13.6. The Bertz CT molecular complexity index is 777. The highest BCUT2D eigenvalue weighted by atomic mass is 79.9. The van der Waals surface area contributed by atoms with E-state index in [-0.39, 0.29) is 5.69 Å². The molecule has 5 nitrogen and oxygen atoms in total. The smallest absolute Gasteiger partial charge is 0.356 e. The van der Waals surface area contributed by atoms with Crippen LogP contribution in [0.2, 0.25) is 0 Å². The monoisotopic (exact) mass is 371 g/mol. The van der Waals surface area contributed by atoms with Gasteiger partial charge >= 0.3 is 5.97 Å². The second kappa shape index (κ2) is 5.19. The highest BCUT2D eigenvalue weighted by Gasteiger charge is 2.22. The SMILES string of the molecule is CN(Cc1cc(Br)cs1)c1nc2sccn2c1C(=O)O. The fourth-order valence-corrected chi connectivity index (χ4v) is 4.20. The first-order chi connectivity index (χ1) is 9.56. The number of anilines is 1. The summed E-state index contributed by atoms with van der Waals surface area (Å²) in [6, 6.07) is 2.03. The van der Waals surface area contributed by atoms with Crippen LogP contribution in [0.1, 0.15) is 15.4 Å². The number of aromatic nitrogens is 2. The van der Waals surface area contributed by atoms with Crippen molar-refractivity contribution in [3.8, 4) is 0 Å². The molecule has 0 atom stereocenters. The Morgan fingerprint density at radius 1 is 1.55 bits per heavy atom. The average Bonchev–Trinajstić information content (AvgIpc) is 3.02. The van der Waals surface area contributed by atoms with Crippen molar-refractivity contribution in [2.75, 3.05) is 11.9 Å². The van der Waals surface area contributed by atoms with Gasteiger partial charge in [-0.1, -0.05) is 0 Å². The summed E-state index contributed by atoms with van der Waals surface area (Å²) < 4.78 is 2.65. The Balaban J connectivity index is 1.98. The number of rotatable bonds is 4. The number of nitrogens with zero attached hydrogens (tertiary/aromatic N) is 3. The van der Waals surface area contributed by atoms with E-state index in [1.165, 1.54) is 11.3 Å². The normalized spacial score (nSPS) is 11.1.